The first kappa shape index (κ1) is 16.2. The molecular weight excluding hydrogens is 354 g/mol. The fraction of sp³-hybridized carbons (Fsp3) is 0.400. The lowest BCUT2D eigenvalue weighted by molar-refractivity contribution is -0.130. The van der Waals surface area contributed by atoms with Gasteiger partial charge in [0.1, 0.15) is 0 Å². The third-order valence-corrected chi connectivity index (χ3v) is 6.32. The normalized spacial score (nSPS) is 22.5. The van der Waals surface area contributed by atoms with Gasteiger partial charge in [0.25, 0.3) is 0 Å². The van der Waals surface area contributed by atoms with Crippen molar-refractivity contribution >= 4 is 31.7 Å². The third-order valence-electron chi connectivity index (χ3n) is 3.70. The Morgan fingerprint density at radius 1 is 1.33 bits per heavy atom. The van der Waals surface area contributed by atoms with Crippen LogP contribution in [0.15, 0.2) is 47.9 Å². The van der Waals surface area contributed by atoms with Gasteiger partial charge < -0.3 is 4.90 Å². The number of halogens is 1. The van der Waals surface area contributed by atoms with Gasteiger partial charge in [-0.2, -0.15) is 0 Å². The summed E-state index contributed by atoms with van der Waals surface area (Å²) in [6, 6.07) is 8.29. The summed E-state index contributed by atoms with van der Waals surface area (Å²) in [7, 11) is -3.45. The van der Waals surface area contributed by atoms with Crippen molar-refractivity contribution in [1.29, 1.82) is 0 Å². The molecule has 2 unspecified atom stereocenters. The lowest BCUT2D eigenvalue weighted by atomic mass is 10.00. The molecule has 0 bridgehead atoms. The molecule has 0 saturated carbocycles. The number of nitrogens with zero attached hydrogens (tertiary/aromatic N) is 1. The Balaban J connectivity index is 2.21. The number of likely N-dealkylation sites (tertiary alicyclic amines) is 1. The van der Waals surface area contributed by atoms with Crippen molar-refractivity contribution in [3.05, 3.63) is 43.0 Å². The Morgan fingerprint density at radius 2 is 2.00 bits per heavy atom. The number of alkyl halides is 1. The van der Waals surface area contributed by atoms with E-state index in [0.29, 0.717) is 18.4 Å². The number of rotatable bonds is 6. The Kier molecular flexibility index (Phi) is 5.22. The first-order valence-corrected chi connectivity index (χ1v) is 9.50. The van der Waals surface area contributed by atoms with Gasteiger partial charge in [0.05, 0.1) is 16.6 Å². The molecular formula is C15H18BrNO3S. The molecule has 6 heteroatoms. The molecule has 2 atom stereocenters. The van der Waals surface area contributed by atoms with E-state index in [4.69, 9.17) is 0 Å². The van der Waals surface area contributed by atoms with E-state index in [1.807, 2.05) is 0 Å². The highest BCUT2D eigenvalue weighted by Gasteiger charge is 2.41. The van der Waals surface area contributed by atoms with E-state index in [1.165, 1.54) is 0 Å². The number of amides is 1. The third kappa shape index (κ3) is 3.55. The van der Waals surface area contributed by atoms with Gasteiger partial charge >= 0.3 is 0 Å². The molecule has 21 heavy (non-hydrogen) atoms. The standard InChI is InChI=1S/C15H18BrNO3S/c1-2-8-17-10-12(9-16)14(15(17)18)11-21(19,20)13-6-4-3-5-7-13/h2-7,12,14H,1,8-11H2. The van der Waals surface area contributed by atoms with E-state index in [9.17, 15) is 13.2 Å². The van der Waals surface area contributed by atoms with Crippen LogP contribution in [0.3, 0.4) is 0 Å². The topological polar surface area (TPSA) is 54.5 Å². The highest BCUT2D eigenvalue weighted by molar-refractivity contribution is 9.09. The molecule has 0 radical (unpaired) electrons. The maximum Gasteiger partial charge on any atom is 0.227 e. The average Bonchev–Trinajstić information content (AvgIpc) is 2.77. The van der Waals surface area contributed by atoms with Crippen LogP contribution in [-0.4, -0.2) is 43.4 Å². The zero-order chi connectivity index (χ0) is 15.5. The summed E-state index contributed by atoms with van der Waals surface area (Å²) in [6.07, 6.45) is 1.66. The summed E-state index contributed by atoms with van der Waals surface area (Å²) >= 11 is 3.39. The van der Waals surface area contributed by atoms with Crippen LogP contribution < -0.4 is 0 Å². The van der Waals surface area contributed by atoms with Crippen molar-refractivity contribution < 1.29 is 13.2 Å². The Bertz CT molecular complexity index is 615. The molecule has 4 nitrogen and oxygen atoms in total. The summed E-state index contributed by atoms with van der Waals surface area (Å²) in [6.45, 7) is 4.67. The quantitative estimate of drug-likeness (QED) is 0.568. The van der Waals surface area contributed by atoms with Gasteiger partial charge in [-0.25, -0.2) is 8.42 Å². The molecule has 1 aromatic carbocycles. The molecule has 0 aliphatic carbocycles. The predicted octanol–water partition coefficient (Wildman–Crippen LogP) is 2.12. The number of carbonyl (C=O) groups is 1. The van der Waals surface area contributed by atoms with Gasteiger partial charge in [0.15, 0.2) is 9.84 Å². The number of carbonyl (C=O) groups excluding carboxylic acids is 1. The van der Waals surface area contributed by atoms with Gasteiger partial charge in [0.2, 0.25) is 5.91 Å². The molecule has 1 aliphatic heterocycles. The highest BCUT2D eigenvalue weighted by atomic mass is 79.9. The molecule has 2 rings (SSSR count). The number of hydrogen-bond acceptors (Lipinski definition) is 3. The van der Waals surface area contributed by atoms with Crippen molar-refractivity contribution in [2.45, 2.75) is 4.90 Å². The van der Waals surface area contributed by atoms with Gasteiger partial charge in [-0.15, -0.1) is 6.58 Å². The Labute approximate surface area is 133 Å². The van der Waals surface area contributed by atoms with Crippen molar-refractivity contribution in [3.63, 3.8) is 0 Å². The molecule has 1 aliphatic rings. The van der Waals surface area contributed by atoms with E-state index < -0.39 is 15.8 Å². The largest absolute Gasteiger partial charge is 0.338 e. The maximum atomic E-state index is 12.5. The summed E-state index contributed by atoms with van der Waals surface area (Å²) in [5, 5.41) is 0.612. The number of sulfone groups is 1. The molecule has 1 aromatic rings. The van der Waals surface area contributed by atoms with Gasteiger partial charge in [-0.1, -0.05) is 40.2 Å². The maximum absolute atomic E-state index is 12.5. The fourth-order valence-electron chi connectivity index (χ4n) is 2.58. The van der Waals surface area contributed by atoms with Crippen LogP contribution >= 0.6 is 15.9 Å². The highest BCUT2D eigenvalue weighted by Crippen LogP contribution is 2.29. The molecule has 0 N–H and O–H groups in total. The van der Waals surface area contributed by atoms with Gasteiger partial charge in [-0.05, 0) is 18.1 Å². The van der Waals surface area contributed by atoms with E-state index in [2.05, 4.69) is 22.5 Å². The van der Waals surface area contributed by atoms with E-state index in [-0.39, 0.29) is 22.5 Å². The van der Waals surface area contributed by atoms with Gasteiger partial charge in [-0.3, -0.25) is 4.79 Å². The van der Waals surface area contributed by atoms with E-state index >= 15 is 0 Å². The van der Waals surface area contributed by atoms with Crippen LogP contribution in [0, 0.1) is 11.8 Å². The molecule has 0 aromatic heterocycles. The molecule has 114 valence electrons. The smallest absolute Gasteiger partial charge is 0.227 e. The minimum atomic E-state index is -3.45. The van der Waals surface area contributed by atoms with E-state index in [1.54, 1.807) is 41.3 Å². The average molecular weight is 372 g/mol. The first-order chi connectivity index (χ1) is 9.99. The van der Waals surface area contributed by atoms with Crippen molar-refractivity contribution in [3.8, 4) is 0 Å². The lowest BCUT2D eigenvalue weighted by Crippen LogP contribution is -2.30. The zero-order valence-corrected chi connectivity index (χ0v) is 14.0. The van der Waals surface area contributed by atoms with Crippen LogP contribution in [0.4, 0.5) is 0 Å². The van der Waals surface area contributed by atoms with E-state index in [0.717, 1.165) is 0 Å². The fourth-order valence-corrected chi connectivity index (χ4v) is 4.89. The molecule has 1 amide bonds. The molecule has 1 saturated heterocycles. The summed E-state index contributed by atoms with van der Waals surface area (Å²) in [5.41, 5.74) is 0. The summed E-state index contributed by atoms with van der Waals surface area (Å²) in [5.74, 6) is -0.718. The summed E-state index contributed by atoms with van der Waals surface area (Å²) < 4.78 is 24.9. The predicted molar refractivity (Wildman–Crippen MR) is 86.0 cm³/mol. The second-order valence-electron chi connectivity index (χ2n) is 5.15. The number of benzene rings is 1. The van der Waals surface area contributed by atoms with Gasteiger partial charge in [0, 0.05) is 18.4 Å². The van der Waals surface area contributed by atoms with Crippen molar-refractivity contribution in [2.75, 3.05) is 24.2 Å². The van der Waals surface area contributed by atoms with Crippen LogP contribution in [-0.2, 0) is 14.6 Å². The second-order valence-corrected chi connectivity index (χ2v) is 7.83. The van der Waals surface area contributed by atoms with Crippen molar-refractivity contribution in [1.82, 2.24) is 4.90 Å². The SMILES string of the molecule is C=CCN1CC(CBr)C(CS(=O)(=O)c2ccccc2)C1=O. The Hall–Kier alpha value is -1.14. The molecule has 1 heterocycles. The zero-order valence-electron chi connectivity index (χ0n) is 11.6. The van der Waals surface area contributed by atoms with Crippen molar-refractivity contribution in [2.24, 2.45) is 11.8 Å². The van der Waals surface area contributed by atoms with Crippen LogP contribution in [0.5, 0.6) is 0 Å². The molecule has 0 spiro atoms. The van der Waals surface area contributed by atoms with Crippen LogP contribution in [0.25, 0.3) is 0 Å². The molecule has 1 fully saturated rings. The second kappa shape index (κ2) is 6.75. The van der Waals surface area contributed by atoms with Crippen LogP contribution in [0.1, 0.15) is 0 Å². The lowest BCUT2D eigenvalue weighted by Gasteiger charge is -2.15. The minimum absolute atomic E-state index is 0.0101. The minimum Gasteiger partial charge on any atom is -0.338 e. The van der Waals surface area contributed by atoms with Crippen LogP contribution in [0.2, 0.25) is 0 Å². The Morgan fingerprint density at radius 3 is 2.57 bits per heavy atom. The number of hydrogen-bond donors (Lipinski definition) is 0. The summed E-state index contributed by atoms with van der Waals surface area (Å²) in [4.78, 5) is 14.3. The first-order valence-electron chi connectivity index (χ1n) is 6.73. The monoisotopic (exact) mass is 371 g/mol.